The van der Waals surface area contributed by atoms with E-state index in [2.05, 4.69) is 284 Å². The summed E-state index contributed by atoms with van der Waals surface area (Å²) < 4.78 is 6.36. The summed E-state index contributed by atoms with van der Waals surface area (Å²) in [5, 5.41) is 2.26. The van der Waals surface area contributed by atoms with Crippen molar-refractivity contribution in [3.05, 3.63) is 330 Å². The van der Waals surface area contributed by atoms with Crippen molar-refractivity contribution in [3.8, 4) is 55.6 Å². The predicted molar refractivity (Wildman–Crippen MR) is 322 cm³/mol. The van der Waals surface area contributed by atoms with Gasteiger partial charge < -0.3 is 9.32 Å². The minimum Gasteiger partial charge on any atom is -0.456 e. The Labute approximate surface area is 454 Å². The summed E-state index contributed by atoms with van der Waals surface area (Å²) in [6, 6.07) is 106. The Bertz CT molecular complexity index is 4450. The molecular formula is C76H51NO. The zero-order valence-corrected chi connectivity index (χ0v) is 42.9. The molecule has 13 aromatic rings. The van der Waals surface area contributed by atoms with E-state index in [4.69, 9.17) is 4.42 Å². The van der Waals surface area contributed by atoms with Crippen molar-refractivity contribution in [1.82, 2.24) is 0 Å². The number of hydrogen-bond donors (Lipinski definition) is 0. The molecule has 1 atom stereocenters. The van der Waals surface area contributed by atoms with E-state index < -0.39 is 5.41 Å². The van der Waals surface area contributed by atoms with Gasteiger partial charge in [-0.2, -0.15) is 0 Å². The summed E-state index contributed by atoms with van der Waals surface area (Å²) in [6.07, 6.45) is 2.16. The number of furan rings is 1. The maximum atomic E-state index is 6.36. The van der Waals surface area contributed by atoms with Gasteiger partial charge >= 0.3 is 0 Å². The van der Waals surface area contributed by atoms with Crippen LogP contribution >= 0.6 is 0 Å². The van der Waals surface area contributed by atoms with Crippen molar-refractivity contribution in [1.29, 1.82) is 0 Å². The topological polar surface area (TPSA) is 16.4 Å². The fraction of sp³-hybridized carbons (Fsp3) is 0.0526. The molecular weight excluding hydrogens is 943 g/mol. The molecule has 3 aliphatic carbocycles. The first-order valence-corrected chi connectivity index (χ1v) is 27.4. The third-order valence-electron chi connectivity index (χ3n) is 17.6. The van der Waals surface area contributed by atoms with Gasteiger partial charge in [-0.3, -0.25) is 0 Å². The highest BCUT2D eigenvalue weighted by atomic mass is 16.3. The Morgan fingerprint density at radius 1 is 0.321 bits per heavy atom. The van der Waals surface area contributed by atoms with Crippen molar-refractivity contribution in [3.63, 3.8) is 0 Å². The molecule has 12 aromatic carbocycles. The Kier molecular flexibility index (Phi) is 9.93. The van der Waals surface area contributed by atoms with Gasteiger partial charge in [0.2, 0.25) is 0 Å². The molecule has 2 nitrogen and oxygen atoms in total. The van der Waals surface area contributed by atoms with Gasteiger partial charge in [0, 0.05) is 33.1 Å². The van der Waals surface area contributed by atoms with Crippen molar-refractivity contribution in [2.45, 2.75) is 23.7 Å². The molecule has 1 unspecified atom stereocenters. The van der Waals surface area contributed by atoms with Crippen molar-refractivity contribution in [2.24, 2.45) is 0 Å². The van der Waals surface area contributed by atoms with E-state index in [-0.39, 0.29) is 5.41 Å². The third-order valence-corrected chi connectivity index (χ3v) is 17.6. The molecule has 0 radical (unpaired) electrons. The first-order chi connectivity index (χ1) is 38.7. The molecule has 0 N–H and O–H groups in total. The highest BCUT2D eigenvalue weighted by Crippen LogP contribution is 2.60. The van der Waals surface area contributed by atoms with Crippen molar-refractivity contribution >= 4 is 39.0 Å². The zero-order chi connectivity index (χ0) is 51.4. The lowest BCUT2D eigenvalue weighted by atomic mass is 9.67. The Balaban J connectivity index is 0.853. The summed E-state index contributed by atoms with van der Waals surface area (Å²) in [4.78, 5) is 2.45. The smallest absolute Gasteiger partial charge is 0.136 e. The average molecular weight is 994 g/mol. The highest BCUT2D eigenvalue weighted by molar-refractivity contribution is 6.12. The van der Waals surface area contributed by atoms with E-state index in [0.717, 1.165) is 74.1 Å². The lowest BCUT2D eigenvalue weighted by Crippen LogP contribution is -2.28. The number of hydrogen-bond acceptors (Lipinski definition) is 2. The largest absolute Gasteiger partial charge is 0.456 e. The van der Waals surface area contributed by atoms with Gasteiger partial charge in [-0.05, 0) is 162 Å². The molecule has 0 fully saturated rings. The van der Waals surface area contributed by atoms with Crippen LogP contribution in [-0.4, -0.2) is 0 Å². The molecule has 16 rings (SSSR count). The normalized spacial score (nSPS) is 15.2. The lowest BCUT2D eigenvalue weighted by Gasteiger charge is -2.34. The SMILES string of the molecule is c1ccc(C2(c3ccccc3)c3ccccc3-c3ccc(-c4ccccc4N(c4ccc(-c5ccc6c(c5)C5(CCc7ccccc75)c5ccccc5-6)cc4)c4ccc(-c5cccc6oc7ccccc7c56)cc4)cc32)cc1. The van der Waals surface area contributed by atoms with E-state index in [1.165, 1.54) is 77.9 Å². The summed E-state index contributed by atoms with van der Waals surface area (Å²) in [5.41, 5.74) is 27.5. The second-order valence-electron chi connectivity index (χ2n) is 21.4. The quantitative estimate of drug-likeness (QED) is 0.151. The molecule has 0 saturated heterocycles. The molecule has 366 valence electrons. The molecule has 78 heavy (non-hydrogen) atoms. The molecule has 3 aliphatic rings. The summed E-state index contributed by atoms with van der Waals surface area (Å²) in [5.74, 6) is 0. The number of aryl methyl sites for hydroxylation is 1. The number of benzene rings is 12. The molecule has 0 amide bonds. The van der Waals surface area contributed by atoms with Gasteiger partial charge in [-0.1, -0.05) is 231 Å². The van der Waals surface area contributed by atoms with Crippen LogP contribution in [0.3, 0.4) is 0 Å². The standard InChI is InChI=1S/C76H51NO/c1-3-19-55(20-4-1)76(56-21-5-2-6-22-56)68-30-14-9-25-62(68)64-45-39-54(49-70(64)76)59-23-10-15-31-71(59)77(58-42-36-51(37-43-58)60-27-17-33-73-74(60)65-26-11-16-32-72(65)78-73)57-40-34-50(35-41-57)53-38-44-63-61-24-8-13-29-67(61)75(69(63)48-53)47-46-52-18-7-12-28-66(52)75/h1-45,48-49H,46-47H2. The fourth-order valence-corrected chi connectivity index (χ4v) is 14.3. The van der Waals surface area contributed by atoms with Crippen LogP contribution in [0.5, 0.6) is 0 Å². The van der Waals surface area contributed by atoms with Crippen LogP contribution in [0.1, 0.15) is 50.9 Å². The molecule has 1 heterocycles. The summed E-state index contributed by atoms with van der Waals surface area (Å²) >= 11 is 0. The van der Waals surface area contributed by atoms with E-state index in [0.29, 0.717) is 0 Å². The van der Waals surface area contributed by atoms with Gasteiger partial charge in [0.25, 0.3) is 0 Å². The first kappa shape index (κ1) is 44.5. The number of nitrogens with zero attached hydrogens (tertiary/aromatic N) is 1. The Morgan fingerprint density at radius 2 is 0.833 bits per heavy atom. The van der Waals surface area contributed by atoms with E-state index in [9.17, 15) is 0 Å². The van der Waals surface area contributed by atoms with Crippen molar-refractivity contribution in [2.75, 3.05) is 4.90 Å². The Hall–Kier alpha value is -9.76. The fourth-order valence-electron chi connectivity index (χ4n) is 14.3. The van der Waals surface area contributed by atoms with E-state index >= 15 is 0 Å². The van der Waals surface area contributed by atoms with E-state index in [1.807, 2.05) is 6.07 Å². The minimum absolute atomic E-state index is 0.149. The number of anilines is 3. The van der Waals surface area contributed by atoms with Crippen molar-refractivity contribution < 1.29 is 4.42 Å². The molecule has 0 aliphatic heterocycles. The monoisotopic (exact) mass is 993 g/mol. The van der Waals surface area contributed by atoms with E-state index in [1.54, 1.807) is 0 Å². The number of para-hydroxylation sites is 2. The average Bonchev–Trinajstić information content (AvgIpc) is 3.91. The second-order valence-corrected chi connectivity index (χ2v) is 21.4. The van der Waals surface area contributed by atoms with Crippen LogP contribution in [0.15, 0.2) is 290 Å². The van der Waals surface area contributed by atoms with Crippen LogP contribution < -0.4 is 4.90 Å². The molecule has 0 bridgehead atoms. The first-order valence-electron chi connectivity index (χ1n) is 27.4. The van der Waals surface area contributed by atoms with Crippen LogP contribution in [0.25, 0.3) is 77.6 Å². The van der Waals surface area contributed by atoms with Crippen LogP contribution in [0.4, 0.5) is 17.1 Å². The third kappa shape index (κ3) is 6.44. The minimum atomic E-state index is -0.519. The van der Waals surface area contributed by atoms with Crippen LogP contribution in [0.2, 0.25) is 0 Å². The Morgan fingerprint density at radius 3 is 1.58 bits per heavy atom. The van der Waals surface area contributed by atoms with Gasteiger partial charge in [0.1, 0.15) is 11.2 Å². The lowest BCUT2D eigenvalue weighted by molar-refractivity contribution is 0.626. The molecule has 1 aromatic heterocycles. The molecule has 1 spiro atoms. The highest BCUT2D eigenvalue weighted by Gasteiger charge is 2.49. The van der Waals surface area contributed by atoms with Crippen LogP contribution in [0, 0.1) is 0 Å². The maximum absolute atomic E-state index is 6.36. The molecule has 0 saturated carbocycles. The van der Waals surface area contributed by atoms with Crippen LogP contribution in [-0.2, 0) is 17.3 Å². The van der Waals surface area contributed by atoms with Gasteiger partial charge in [-0.25, -0.2) is 0 Å². The second kappa shape index (κ2) is 17.4. The summed E-state index contributed by atoms with van der Waals surface area (Å²) in [6.45, 7) is 0. The summed E-state index contributed by atoms with van der Waals surface area (Å²) in [7, 11) is 0. The maximum Gasteiger partial charge on any atom is 0.136 e. The van der Waals surface area contributed by atoms with Gasteiger partial charge in [-0.15, -0.1) is 0 Å². The number of rotatable bonds is 8. The van der Waals surface area contributed by atoms with Gasteiger partial charge in [0.05, 0.1) is 11.1 Å². The number of fused-ring (bicyclic) bond motifs is 13. The van der Waals surface area contributed by atoms with Gasteiger partial charge in [0.15, 0.2) is 0 Å². The molecule has 2 heteroatoms. The zero-order valence-electron chi connectivity index (χ0n) is 42.9. The predicted octanol–water partition coefficient (Wildman–Crippen LogP) is 19.7.